The maximum absolute atomic E-state index is 12.6. The van der Waals surface area contributed by atoms with E-state index in [2.05, 4.69) is 31.4 Å². The molecule has 16 heteroatoms. The summed E-state index contributed by atoms with van der Waals surface area (Å²) in [5.41, 5.74) is 2.34. The molecular weight excluding hydrogens is 737 g/mol. The van der Waals surface area contributed by atoms with Crippen LogP contribution in [0.5, 0.6) is 11.5 Å². The van der Waals surface area contributed by atoms with Gasteiger partial charge in [0, 0.05) is 30.6 Å². The third-order valence-electron chi connectivity index (χ3n) is 8.09. The molecule has 0 saturated heterocycles. The van der Waals surface area contributed by atoms with Crippen molar-refractivity contribution in [1.82, 2.24) is 9.80 Å². The van der Waals surface area contributed by atoms with E-state index in [4.69, 9.17) is 14.3 Å². The van der Waals surface area contributed by atoms with Gasteiger partial charge in [-0.05, 0) is 87.8 Å². The summed E-state index contributed by atoms with van der Waals surface area (Å²) in [6.07, 6.45) is 2.15. The third-order valence-corrected chi connectivity index (χ3v) is 9.95. The minimum atomic E-state index is -4.29. The van der Waals surface area contributed by atoms with Gasteiger partial charge in [-0.3, -0.25) is 4.72 Å². The highest BCUT2D eigenvalue weighted by molar-refractivity contribution is 7.92. The van der Waals surface area contributed by atoms with Crippen LogP contribution in [0.1, 0.15) is 36.1 Å². The minimum absolute atomic E-state index is 0.112. The lowest BCUT2D eigenvalue weighted by atomic mass is 10.0. The highest BCUT2D eigenvalue weighted by atomic mass is 32.2. The zero-order chi connectivity index (χ0) is 39.3. The average Bonchev–Trinajstić information content (AvgIpc) is 3.14. The Morgan fingerprint density at radius 1 is 0.630 bits per heavy atom. The Morgan fingerprint density at radius 2 is 1.07 bits per heavy atom. The van der Waals surface area contributed by atoms with Gasteiger partial charge in [0.05, 0.1) is 25.2 Å². The van der Waals surface area contributed by atoms with Crippen molar-refractivity contribution < 1.29 is 45.5 Å². The fraction of sp³-hybridized carbons (Fsp3) is 0.316. The van der Waals surface area contributed by atoms with Gasteiger partial charge in [-0.15, -0.1) is 0 Å². The van der Waals surface area contributed by atoms with Crippen molar-refractivity contribution in [2.75, 3.05) is 62.8 Å². The topological polar surface area (TPSA) is 161 Å². The Labute approximate surface area is 317 Å². The molecule has 1 N–H and O–H groups in total. The second-order valence-corrected chi connectivity index (χ2v) is 16.2. The number of carbonyl (C=O) groups excluding carboxylic acids is 2. The van der Waals surface area contributed by atoms with E-state index in [1.165, 1.54) is 36.4 Å². The lowest BCUT2D eigenvalue weighted by Crippen LogP contribution is -2.36. The molecule has 0 radical (unpaired) electrons. The molecule has 0 spiro atoms. The number of esters is 1. The van der Waals surface area contributed by atoms with Crippen LogP contribution in [0.4, 0.5) is 11.4 Å². The fourth-order valence-corrected chi connectivity index (χ4v) is 7.00. The summed E-state index contributed by atoms with van der Waals surface area (Å²) in [6.45, 7) is 0.775. The molecule has 2 atom stereocenters. The molecule has 4 rings (SSSR count). The van der Waals surface area contributed by atoms with Crippen LogP contribution in [0.25, 0.3) is 0 Å². The van der Waals surface area contributed by atoms with Crippen molar-refractivity contribution in [1.29, 1.82) is 0 Å². The molecule has 290 valence electrons. The maximum Gasteiger partial charge on any atom is 0.442 e. The number of rotatable bonds is 19. The Morgan fingerprint density at radius 3 is 1.50 bits per heavy atom. The number of nitrogens with one attached hydrogen (secondary N) is 1. The van der Waals surface area contributed by atoms with Crippen LogP contribution in [-0.2, 0) is 39.2 Å². The van der Waals surface area contributed by atoms with E-state index in [-0.39, 0.29) is 27.9 Å². The number of benzene rings is 4. The molecule has 0 saturated carbocycles. The molecule has 14 nitrogen and oxygen atoms in total. The van der Waals surface area contributed by atoms with Gasteiger partial charge in [0.1, 0.15) is 11.5 Å². The smallest absolute Gasteiger partial charge is 0.442 e. The highest BCUT2D eigenvalue weighted by Gasteiger charge is 2.29. The quantitative estimate of drug-likeness (QED) is 0.0772. The average molecular weight is 783 g/mol. The highest BCUT2D eigenvalue weighted by Crippen LogP contribution is 2.26. The fourth-order valence-electron chi connectivity index (χ4n) is 5.48. The van der Waals surface area contributed by atoms with E-state index < -0.39 is 37.9 Å². The monoisotopic (exact) mass is 782 g/mol. The number of sulfonamides is 2. The first kappa shape index (κ1) is 41.6. The summed E-state index contributed by atoms with van der Waals surface area (Å²) >= 11 is 0. The van der Waals surface area contributed by atoms with E-state index in [1.54, 1.807) is 12.1 Å². The van der Waals surface area contributed by atoms with Crippen molar-refractivity contribution in [3.8, 4) is 11.5 Å². The van der Waals surface area contributed by atoms with Crippen molar-refractivity contribution in [2.45, 2.75) is 24.9 Å². The van der Waals surface area contributed by atoms with Crippen molar-refractivity contribution in [3.05, 3.63) is 120 Å². The molecule has 4 aromatic carbocycles. The van der Waals surface area contributed by atoms with Gasteiger partial charge in [-0.2, -0.15) is 0 Å². The summed E-state index contributed by atoms with van der Waals surface area (Å²) < 4.78 is 69.0. The third kappa shape index (κ3) is 12.8. The van der Waals surface area contributed by atoms with E-state index in [1.807, 2.05) is 76.7 Å². The summed E-state index contributed by atoms with van der Waals surface area (Å²) in [7, 11) is -0.593. The lowest BCUT2D eigenvalue weighted by molar-refractivity contribution is -0.166. The van der Waals surface area contributed by atoms with Crippen LogP contribution < -0.4 is 18.7 Å². The second-order valence-electron chi connectivity index (χ2n) is 12.7. The zero-order valence-corrected chi connectivity index (χ0v) is 32.5. The first-order chi connectivity index (χ1) is 25.6. The molecule has 0 aliphatic carbocycles. The molecule has 0 bridgehead atoms. The van der Waals surface area contributed by atoms with E-state index >= 15 is 0 Å². The number of hydrogen-bond acceptors (Lipinski definition) is 12. The van der Waals surface area contributed by atoms with Crippen LogP contribution in [0, 0.1) is 0 Å². The second kappa shape index (κ2) is 19.3. The molecule has 0 heterocycles. The normalized spacial score (nSPS) is 12.8. The summed E-state index contributed by atoms with van der Waals surface area (Å²) in [5.74, 6) is -3.77. The van der Waals surface area contributed by atoms with E-state index in [0.717, 1.165) is 23.8 Å². The van der Waals surface area contributed by atoms with Crippen molar-refractivity contribution >= 4 is 43.4 Å². The zero-order valence-electron chi connectivity index (χ0n) is 30.8. The number of carbonyl (C=O) groups is 2. The van der Waals surface area contributed by atoms with Gasteiger partial charge in [-0.25, -0.2) is 26.4 Å². The van der Waals surface area contributed by atoms with Crippen LogP contribution in [0.3, 0.4) is 0 Å². The molecule has 0 amide bonds. The largest absolute Gasteiger partial charge is 0.494 e. The predicted octanol–water partition coefficient (Wildman–Crippen LogP) is 5.00. The molecular formula is C38H46N4O10S2. The molecule has 4 aromatic rings. The number of ether oxygens (including phenoxy) is 3. The number of hydrogen-bond donors (Lipinski definition) is 1. The SMILES string of the molecule is CN(C)C(CCOc1ccc(NS(=O)(=O)COC(=O)C(=O)ON(c2ccc(OCCC(c3ccccc3)N(C)C)cc2)S(C)(=O)=O)cc1)c1ccccc1. The minimum Gasteiger partial charge on any atom is -0.494 e. The summed E-state index contributed by atoms with van der Waals surface area (Å²) in [4.78, 5) is 33.9. The van der Waals surface area contributed by atoms with E-state index in [0.29, 0.717) is 31.1 Å². The predicted molar refractivity (Wildman–Crippen MR) is 206 cm³/mol. The van der Waals surface area contributed by atoms with Crippen LogP contribution >= 0.6 is 0 Å². The molecule has 2 unspecified atom stereocenters. The molecule has 0 aliphatic heterocycles. The van der Waals surface area contributed by atoms with Gasteiger partial charge in [-0.1, -0.05) is 65.1 Å². The van der Waals surface area contributed by atoms with E-state index in [9.17, 15) is 26.4 Å². The van der Waals surface area contributed by atoms with Crippen LogP contribution in [0.15, 0.2) is 109 Å². The Balaban J connectivity index is 1.25. The van der Waals surface area contributed by atoms with Crippen LogP contribution in [-0.4, -0.2) is 92.2 Å². The Hall–Kier alpha value is -5.16. The van der Waals surface area contributed by atoms with Gasteiger partial charge in [0.15, 0.2) is 0 Å². The molecule has 0 aromatic heterocycles. The van der Waals surface area contributed by atoms with Gasteiger partial charge in [0.25, 0.3) is 20.0 Å². The lowest BCUT2D eigenvalue weighted by Gasteiger charge is -2.25. The molecule has 0 fully saturated rings. The summed E-state index contributed by atoms with van der Waals surface area (Å²) in [5, 5.41) is 0. The summed E-state index contributed by atoms with van der Waals surface area (Å²) in [6, 6.07) is 32.0. The van der Waals surface area contributed by atoms with Crippen LogP contribution in [0.2, 0.25) is 0 Å². The van der Waals surface area contributed by atoms with Gasteiger partial charge < -0.3 is 28.8 Å². The Kier molecular flexibility index (Phi) is 14.8. The Bertz CT molecular complexity index is 2010. The standard InChI is InChI=1S/C38H46N4O10S2/c1-40(2)35(29-12-8-6-9-13-29)24-26-49-33-20-16-31(17-21-33)39-54(47,48)28-51-37(43)38(44)52-42(53(5,45)46)32-18-22-34(23-19-32)50-27-25-36(41(3)4)30-14-10-7-11-15-30/h6-23,35-36,39H,24-28H2,1-5H3. The van der Waals surface area contributed by atoms with Gasteiger partial charge >= 0.3 is 11.9 Å². The first-order valence-corrected chi connectivity index (χ1v) is 20.4. The first-order valence-electron chi connectivity index (χ1n) is 16.9. The van der Waals surface area contributed by atoms with Crippen molar-refractivity contribution in [2.24, 2.45) is 0 Å². The van der Waals surface area contributed by atoms with Gasteiger partial charge in [0.2, 0.25) is 5.94 Å². The molecule has 0 aliphatic rings. The number of anilines is 2. The maximum atomic E-state index is 12.6. The molecule has 54 heavy (non-hydrogen) atoms. The van der Waals surface area contributed by atoms with Crippen molar-refractivity contribution in [3.63, 3.8) is 0 Å². The number of nitrogens with zero attached hydrogens (tertiary/aromatic N) is 3.